The van der Waals surface area contributed by atoms with Gasteiger partial charge in [-0.25, -0.2) is 0 Å². The molecule has 0 aliphatic carbocycles. The number of hydrogen-bond acceptors (Lipinski definition) is 4. The first kappa shape index (κ1) is 17.7. The zero-order chi connectivity index (χ0) is 17.6. The monoisotopic (exact) mass is 352 g/mol. The Labute approximate surface area is 154 Å². The van der Waals surface area contributed by atoms with Gasteiger partial charge in [0.15, 0.2) is 11.0 Å². The fourth-order valence-corrected chi connectivity index (χ4v) is 4.00. The van der Waals surface area contributed by atoms with Crippen LogP contribution in [-0.2, 0) is 6.42 Å². The minimum atomic E-state index is 0.114. The molecule has 0 spiro atoms. The SMILES string of the molecule is CCc1ccc(N(CC(=O)c2ccccc2)C2=N[C@H](CC)CS2)cc1. The Balaban J connectivity index is 1.87. The average molecular weight is 353 g/mol. The summed E-state index contributed by atoms with van der Waals surface area (Å²) in [6.07, 6.45) is 2.04. The summed E-state index contributed by atoms with van der Waals surface area (Å²) in [6, 6.07) is 18.3. The topological polar surface area (TPSA) is 32.7 Å². The van der Waals surface area contributed by atoms with Gasteiger partial charge in [-0.05, 0) is 30.5 Å². The molecule has 0 unspecified atom stereocenters. The van der Waals surface area contributed by atoms with Crippen molar-refractivity contribution in [1.29, 1.82) is 0 Å². The zero-order valence-electron chi connectivity index (χ0n) is 14.8. The third kappa shape index (κ3) is 4.31. The van der Waals surface area contributed by atoms with Crippen LogP contribution in [0, 0.1) is 0 Å². The third-order valence-corrected chi connectivity index (χ3v) is 5.59. The molecule has 4 heteroatoms. The molecule has 0 bridgehead atoms. The molecule has 0 aromatic heterocycles. The van der Waals surface area contributed by atoms with Crippen LogP contribution in [0.1, 0.15) is 36.2 Å². The van der Waals surface area contributed by atoms with Gasteiger partial charge in [-0.2, -0.15) is 0 Å². The molecule has 130 valence electrons. The first-order valence-corrected chi connectivity index (χ1v) is 9.85. The number of hydrogen-bond donors (Lipinski definition) is 0. The number of Topliss-reactive ketones (excluding diaryl/α,β-unsaturated/α-hetero) is 1. The second kappa shape index (κ2) is 8.34. The summed E-state index contributed by atoms with van der Waals surface area (Å²) in [4.78, 5) is 19.6. The lowest BCUT2D eigenvalue weighted by molar-refractivity contribution is 0.100. The number of aryl methyl sites for hydroxylation is 1. The second-order valence-corrected chi connectivity index (χ2v) is 7.17. The zero-order valence-corrected chi connectivity index (χ0v) is 15.6. The van der Waals surface area contributed by atoms with Crippen molar-refractivity contribution >= 4 is 28.4 Å². The molecule has 0 saturated carbocycles. The molecule has 3 rings (SSSR count). The predicted molar refractivity (Wildman–Crippen MR) is 108 cm³/mol. The van der Waals surface area contributed by atoms with Crippen molar-refractivity contribution in [2.24, 2.45) is 4.99 Å². The van der Waals surface area contributed by atoms with E-state index in [1.807, 2.05) is 30.3 Å². The fraction of sp³-hybridized carbons (Fsp3) is 0.333. The maximum absolute atomic E-state index is 12.8. The summed E-state index contributed by atoms with van der Waals surface area (Å²) < 4.78 is 0. The van der Waals surface area contributed by atoms with Crippen molar-refractivity contribution in [2.75, 3.05) is 17.2 Å². The van der Waals surface area contributed by atoms with Crippen LogP contribution >= 0.6 is 11.8 Å². The van der Waals surface area contributed by atoms with Crippen LogP contribution in [-0.4, -0.2) is 29.3 Å². The highest BCUT2D eigenvalue weighted by Gasteiger charge is 2.25. The highest BCUT2D eigenvalue weighted by atomic mass is 32.2. The second-order valence-electron chi connectivity index (χ2n) is 6.18. The standard InChI is InChI=1S/C21H24N2OS/c1-3-16-10-12-19(13-11-16)23(21-22-18(4-2)15-25-21)14-20(24)17-8-6-5-7-9-17/h5-13,18H,3-4,14-15H2,1-2H3/t18-/m1/s1. The largest absolute Gasteiger partial charge is 0.313 e. The van der Waals surface area contributed by atoms with Gasteiger partial charge in [0.1, 0.15) is 0 Å². The number of rotatable bonds is 6. The van der Waals surface area contributed by atoms with E-state index in [1.165, 1.54) is 5.56 Å². The molecular weight excluding hydrogens is 328 g/mol. The number of aliphatic imine (C=N–C) groups is 1. The molecular formula is C21H24N2OS. The molecule has 0 fully saturated rings. The number of benzene rings is 2. The lowest BCUT2D eigenvalue weighted by atomic mass is 10.1. The van der Waals surface area contributed by atoms with Crippen molar-refractivity contribution in [3.05, 3.63) is 65.7 Å². The number of carbonyl (C=O) groups is 1. The van der Waals surface area contributed by atoms with Gasteiger partial charge in [0.2, 0.25) is 0 Å². The number of carbonyl (C=O) groups excluding carboxylic acids is 1. The van der Waals surface area contributed by atoms with Crippen molar-refractivity contribution in [3.8, 4) is 0 Å². The molecule has 2 aromatic carbocycles. The average Bonchev–Trinajstić information content (AvgIpc) is 3.15. The number of ketones is 1. The predicted octanol–water partition coefficient (Wildman–Crippen LogP) is 4.82. The van der Waals surface area contributed by atoms with Crippen LogP contribution in [0.25, 0.3) is 0 Å². The van der Waals surface area contributed by atoms with Gasteiger partial charge in [0.05, 0.1) is 12.6 Å². The molecule has 1 atom stereocenters. The molecule has 3 nitrogen and oxygen atoms in total. The van der Waals surface area contributed by atoms with Gasteiger partial charge in [-0.3, -0.25) is 9.79 Å². The normalized spacial score (nSPS) is 16.6. The molecule has 1 aliphatic rings. The van der Waals surface area contributed by atoms with Gasteiger partial charge in [0, 0.05) is 17.0 Å². The van der Waals surface area contributed by atoms with Crippen molar-refractivity contribution in [2.45, 2.75) is 32.7 Å². The number of anilines is 1. The van der Waals surface area contributed by atoms with E-state index >= 15 is 0 Å². The Morgan fingerprint density at radius 2 is 1.84 bits per heavy atom. The Morgan fingerprint density at radius 1 is 1.12 bits per heavy atom. The molecule has 1 heterocycles. The van der Waals surface area contributed by atoms with E-state index in [0.717, 1.165) is 35.0 Å². The Morgan fingerprint density at radius 3 is 2.44 bits per heavy atom. The Bertz CT molecular complexity index is 740. The van der Waals surface area contributed by atoms with Gasteiger partial charge in [0.25, 0.3) is 0 Å². The smallest absolute Gasteiger partial charge is 0.182 e. The maximum atomic E-state index is 12.8. The summed E-state index contributed by atoms with van der Waals surface area (Å²) in [7, 11) is 0. The van der Waals surface area contributed by atoms with E-state index < -0.39 is 0 Å². The Kier molecular flexibility index (Phi) is 5.92. The van der Waals surface area contributed by atoms with E-state index in [2.05, 4.69) is 43.0 Å². The van der Waals surface area contributed by atoms with E-state index in [4.69, 9.17) is 4.99 Å². The molecule has 0 N–H and O–H groups in total. The quantitative estimate of drug-likeness (QED) is 0.699. The lowest BCUT2D eigenvalue weighted by Crippen LogP contribution is -2.33. The molecule has 0 radical (unpaired) electrons. The lowest BCUT2D eigenvalue weighted by Gasteiger charge is -2.23. The van der Waals surface area contributed by atoms with E-state index in [-0.39, 0.29) is 5.78 Å². The molecule has 2 aromatic rings. The van der Waals surface area contributed by atoms with Crippen molar-refractivity contribution < 1.29 is 4.79 Å². The van der Waals surface area contributed by atoms with Crippen LogP contribution in [0.4, 0.5) is 5.69 Å². The van der Waals surface area contributed by atoms with Crippen LogP contribution in [0.3, 0.4) is 0 Å². The summed E-state index contributed by atoms with van der Waals surface area (Å²) in [5.41, 5.74) is 3.07. The van der Waals surface area contributed by atoms with Crippen LogP contribution in [0.15, 0.2) is 59.6 Å². The van der Waals surface area contributed by atoms with Gasteiger partial charge in [-0.15, -0.1) is 0 Å². The molecule has 25 heavy (non-hydrogen) atoms. The minimum absolute atomic E-state index is 0.114. The number of amidine groups is 1. The Hall–Kier alpha value is -2.07. The fourth-order valence-electron chi connectivity index (χ4n) is 2.80. The summed E-state index contributed by atoms with van der Waals surface area (Å²) in [5, 5.41) is 0.959. The van der Waals surface area contributed by atoms with Crippen LogP contribution < -0.4 is 4.90 Å². The summed E-state index contributed by atoms with van der Waals surface area (Å²) >= 11 is 1.75. The van der Waals surface area contributed by atoms with Crippen molar-refractivity contribution in [1.82, 2.24) is 0 Å². The highest BCUT2D eigenvalue weighted by molar-refractivity contribution is 8.14. The molecule has 0 saturated heterocycles. The number of thioether (sulfide) groups is 1. The third-order valence-electron chi connectivity index (χ3n) is 4.45. The van der Waals surface area contributed by atoms with E-state index in [0.29, 0.717) is 12.6 Å². The summed E-state index contributed by atoms with van der Waals surface area (Å²) in [6.45, 7) is 4.62. The maximum Gasteiger partial charge on any atom is 0.182 e. The van der Waals surface area contributed by atoms with E-state index in [1.54, 1.807) is 11.8 Å². The van der Waals surface area contributed by atoms with Crippen molar-refractivity contribution in [3.63, 3.8) is 0 Å². The van der Waals surface area contributed by atoms with Crippen LogP contribution in [0.2, 0.25) is 0 Å². The summed E-state index contributed by atoms with van der Waals surface area (Å²) in [5.74, 6) is 1.11. The highest BCUT2D eigenvalue weighted by Crippen LogP contribution is 2.27. The minimum Gasteiger partial charge on any atom is -0.313 e. The first-order chi connectivity index (χ1) is 12.2. The van der Waals surface area contributed by atoms with Gasteiger partial charge < -0.3 is 4.90 Å². The first-order valence-electron chi connectivity index (χ1n) is 8.86. The van der Waals surface area contributed by atoms with E-state index in [9.17, 15) is 4.79 Å². The van der Waals surface area contributed by atoms with Gasteiger partial charge >= 0.3 is 0 Å². The molecule has 1 aliphatic heterocycles. The molecule has 0 amide bonds. The van der Waals surface area contributed by atoms with Crippen LogP contribution in [0.5, 0.6) is 0 Å². The number of nitrogens with zero attached hydrogens (tertiary/aromatic N) is 2. The van der Waals surface area contributed by atoms with Gasteiger partial charge in [-0.1, -0.05) is 68.1 Å².